The molecule has 0 atom stereocenters. The predicted octanol–water partition coefficient (Wildman–Crippen LogP) is -0.731. The van der Waals surface area contributed by atoms with E-state index in [2.05, 4.69) is 10.3 Å². The van der Waals surface area contributed by atoms with E-state index in [-0.39, 0.29) is 17.8 Å². The van der Waals surface area contributed by atoms with Crippen LogP contribution in [0.4, 0.5) is 5.69 Å². The lowest BCUT2D eigenvalue weighted by Gasteiger charge is -2.08. The molecular formula is C12H10N4O5. The summed E-state index contributed by atoms with van der Waals surface area (Å²) in [7, 11) is 0. The van der Waals surface area contributed by atoms with Gasteiger partial charge in [0.1, 0.15) is 6.54 Å². The van der Waals surface area contributed by atoms with Gasteiger partial charge < -0.3 is 10.4 Å². The number of aromatic amines is 1. The number of nitrogens with one attached hydrogen (secondary N) is 2. The van der Waals surface area contributed by atoms with Crippen LogP contribution in [-0.2, 0) is 11.3 Å². The van der Waals surface area contributed by atoms with Crippen LogP contribution in [0.1, 0.15) is 10.4 Å². The van der Waals surface area contributed by atoms with Gasteiger partial charge >= 0.3 is 11.7 Å². The number of anilines is 1. The number of pyridine rings is 1. The molecule has 2 aromatic rings. The van der Waals surface area contributed by atoms with Crippen molar-refractivity contribution < 1.29 is 14.7 Å². The molecule has 9 nitrogen and oxygen atoms in total. The smallest absolute Gasteiger partial charge is 0.337 e. The van der Waals surface area contributed by atoms with Gasteiger partial charge in [-0.1, -0.05) is 0 Å². The van der Waals surface area contributed by atoms with Gasteiger partial charge in [-0.3, -0.25) is 24.1 Å². The van der Waals surface area contributed by atoms with Crippen molar-refractivity contribution in [1.29, 1.82) is 0 Å². The molecule has 0 saturated heterocycles. The number of hydrogen-bond donors (Lipinski definition) is 3. The Kier molecular flexibility index (Phi) is 3.93. The van der Waals surface area contributed by atoms with E-state index in [9.17, 15) is 19.2 Å². The largest absolute Gasteiger partial charge is 0.478 e. The first kappa shape index (κ1) is 14.2. The van der Waals surface area contributed by atoms with Crippen molar-refractivity contribution in [3.8, 4) is 0 Å². The summed E-state index contributed by atoms with van der Waals surface area (Å²) in [6, 6.07) is 2.34. The first-order valence-electron chi connectivity index (χ1n) is 5.74. The SMILES string of the molecule is O=C(Cn1ccc(=O)[nH]c1=O)Nc1cnccc1C(=O)O. The Balaban J connectivity index is 2.18. The zero-order valence-electron chi connectivity index (χ0n) is 10.6. The van der Waals surface area contributed by atoms with E-state index in [1.165, 1.54) is 24.7 Å². The summed E-state index contributed by atoms with van der Waals surface area (Å²) in [6.45, 7) is -0.371. The number of hydrogen-bond acceptors (Lipinski definition) is 5. The zero-order chi connectivity index (χ0) is 15.4. The van der Waals surface area contributed by atoms with Crippen molar-refractivity contribution in [2.45, 2.75) is 6.54 Å². The second kappa shape index (κ2) is 5.82. The number of carboxylic acids is 1. The van der Waals surface area contributed by atoms with Crippen molar-refractivity contribution in [2.24, 2.45) is 0 Å². The fourth-order valence-electron chi connectivity index (χ4n) is 1.59. The fourth-order valence-corrected chi connectivity index (χ4v) is 1.59. The number of aromatic carboxylic acids is 1. The molecule has 9 heteroatoms. The summed E-state index contributed by atoms with van der Waals surface area (Å²) in [4.78, 5) is 50.8. The lowest BCUT2D eigenvalue weighted by molar-refractivity contribution is -0.116. The topological polar surface area (TPSA) is 134 Å². The molecule has 2 aromatic heterocycles. The van der Waals surface area contributed by atoms with E-state index in [0.29, 0.717) is 0 Å². The zero-order valence-corrected chi connectivity index (χ0v) is 10.6. The van der Waals surface area contributed by atoms with Crippen LogP contribution in [0.3, 0.4) is 0 Å². The summed E-state index contributed by atoms with van der Waals surface area (Å²) >= 11 is 0. The van der Waals surface area contributed by atoms with E-state index >= 15 is 0 Å². The predicted molar refractivity (Wildman–Crippen MR) is 71.1 cm³/mol. The van der Waals surface area contributed by atoms with E-state index < -0.39 is 23.1 Å². The first-order chi connectivity index (χ1) is 9.97. The number of carboxylic acid groups (broad SMARTS) is 1. The maximum atomic E-state index is 11.8. The van der Waals surface area contributed by atoms with Gasteiger partial charge in [-0.15, -0.1) is 0 Å². The molecule has 2 rings (SSSR count). The van der Waals surface area contributed by atoms with Crippen LogP contribution in [0.15, 0.2) is 40.3 Å². The van der Waals surface area contributed by atoms with E-state index in [0.717, 1.165) is 10.6 Å². The van der Waals surface area contributed by atoms with Crippen molar-refractivity contribution in [1.82, 2.24) is 14.5 Å². The van der Waals surface area contributed by atoms with Crippen molar-refractivity contribution in [2.75, 3.05) is 5.32 Å². The molecule has 0 spiro atoms. The van der Waals surface area contributed by atoms with Crippen LogP contribution in [0, 0.1) is 0 Å². The minimum absolute atomic E-state index is 0.0208. The second-order valence-electron chi connectivity index (χ2n) is 4.01. The van der Waals surface area contributed by atoms with Crippen LogP contribution in [0.25, 0.3) is 0 Å². The van der Waals surface area contributed by atoms with Crippen LogP contribution >= 0.6 is 0 Å². The van der Waals surface area contributed by atoms with Crippen molar-refractivity contribution in [3.05, 3.63) is 57.1 Å². The lowest BCUT2D eigenvalue weighted by atomic mass is 10.2. The third-order valence-corrected chi connectivity index (χ3v) is 2.54. The summed E-state index contributed by atoms with van der Waals surface area (Å²) in [5, 5.41) is 11.3. The minimum Gasteiger partial charge on any atom is -0.478 e. The maximum Gasteiger partial charge on any atom is 0.337 e. The van der Waals surface area contributed by atoms with Gasteiger partial charge in [-0.25, -0.2) is 9.59 Å². The molecule has 108 valence electrons. The molecule has 0 unspecified atom stereocenters. The summed E-state index contributed by atoms with van der Waals surface area (Å²) < 4.78 is 0.980. The molecule has 2 heterocycles. The Hall–Kier alpha value is -3.23. The molecule has 0 aliphatic rings. The molecule has 0 aliphatic carbocycles. The molecule has 3 N–H and O–H groups in total. The van der Waals surface area contributed by atoms with Crippen molar-refractivity contribution >= 4 is 17.6 Å². The maximum absolute atomic E-state index is 11.8. The van der Waals surface area contributed by atoms with E-state index in [4.69, 9.17) is 5.11 Å². The van der Waals surface area contributed by atoms with Crippen molar-refractivity contribution in [3.63, 3.8) is 0 Å². The first-order valence-corrected chi connectivity index (χ1v) is 5.74. The Morgan fingerprint density at radius 3 is 2.76 bits per heavy atom. The number of amides is 1. The summed E-state index contributed by atoms with van der Waals surface area (Å²) in [5.41, 5.74) is -1.40. The molecular weight excluding hydrogens is 280 g/mol. The van der Waals surface area contributed by atoms with Gasteiger partial charge in [0.15, 0.2) is 0 Å². The molecule has 0 bridgehead atoms. The molecule has 0 aliphatic heterocycles. The van der Waals surface area contributed by atoms with Crippen LogP contribution < -0.4 is 16.6 Å². The normalized spacial score (nSPS) is 10.1. The molecule has 1 amide bonds. The quantitative estimate of drug-likeness (QED) is 0.679. The molecule has 21 heavy (non-hydrogen) atoms. The number of carbonyl (C=O) groups is 2. The highest BCUT2D eigenvalue weighted by Gasteiger charge is 2.12. The average molecular weight is 290 g/mol. The van der Waals surface area contributed by atoms with Crippen LogP contribution in [-0.4, -0.2) is 31.5 Å². The third kappa shape index (κ3) is 3.41. The van der Waals surface area contributed by atoms with Gasteiger partial charge in [-0.2, -0.15) is 0 Å². The lowest BCUT2D eigenvalue weighted by Crippen LogP contribution is -2.32. The number of nitrogens with zero attached hydrogens (tertiary/aromatic N) is 2. The molecule has 0 aromatic carbocycles. The van der Waals surface area contributed by atoms with Crippen LogP contribution in [0.2, 0.25) is 0 Å². The Morgan fingerprint density at radius 2 is 2.10 bits per heavy atom. The number of H-pyrrole nitrogens is 1. The summed E-state index contributed by atoms with van der Waals surface area (Å²) in [5.74, 6) is -1.84. The Morgan fingerprint density at radius 1 is 1.33 bits per heavy atom. The van der Waals surface area contributed by atoms with E-state index in [1.807, 2.05) is 4.98 Å². The highest BCUT2D eigenvalue weighted by molar-refractivity contribution is 6.00. The molecule has 0 fully saturated rings. The van der Waals surface area contributed by atoms with E-state index in [1.54, 1.807) is 0 Å². The fraction of sp³-hybridized carbons (Fsp3) is 0.0833. The minimum atomic E-state index is -1.21. The third-order valence-electron chi connectivity index (χ3n) is 2.54. The Labute approximate surface area is 116 Å². The highest BCUT2D eigenvalue weighted by Crippen LogP contribution is 2.12. The summed E-state index contributed by atoms with van der Waals surface area (Å²) in [6.07, 6.45) is 3.64. The van der Waals surface area contributed by atoms with Gasteiger partial charge in [0.05, 0.1) is 17.4 Å². The average Bonchev–Trinajstić information content (AvgIpc) is 2.42. The monoisotopic (exact) mass is 290 g/mol. The number of carbonyl (C=O) groups excluding carboxylic acids is 1. The van der Waals surface area contributed by atoms with Gasteiger partial charge in [0, 0.05) is 18.5 Å². The number of aromatic nitrogens is 3. The second-order valence-corrected chi connectivity index (χ2v) is 4.01. The number of rotatable bonds is 4. The van der Waals surface area contributed by atoms with Gasteiger partial charge in [0.2, 0.25) is 5.91 Å². The highest BCUT2D eigenvalue weighted by atomic mass is 16.4. The standard InChI is InChI=1S/C12H10N4O5/c17-9-2-4-16(12(21)15-9)6-10(18)14-8-5-13-3-1-7(8)11(19)20/h1-5H,6H2,(H,14,18)(H,19,20)(H,15,17,21). The molecule has 0 saturated carbocycles. The van der Waals surface area contributed by atoms with Gasteiger partial charge in [-0.05, 0) is 6.07 Å². The van der Waals surface area contributed by atoms with Crippen LogP contribution in [0.5, 0.6) is 0 Å². The molecule has 0 radical (unpaired) electrons. The Bertz CT molecular complexity index is 808. The van der Waals surface area contributed by atoms with Gasteiger partial charge in [0.25, 0.3) is 5.56 Å².